The number of carbonyl (C=O) groups is 1. The van der Waals surface area contributed by atoms with Crippen LogP contribution in [0.2, 0.25) is 0 Å². The van der Waals surface area contributed by atoms with Gasteiger partial charge < -0.3 is 4.74 Å². The maximum atomic E-state index is 12.6. The van der Waals surface area contributed by atoms with Crippen molar-refractivity contribution in [2.24, 2.45) is 0 Å². The minimum absolute atomic E-state index is 0.0313. The lowest BCUT2D eigenvalue weighted by Gasteiger charge is -2.09. The van der Waals surface area contributed by atoms with E-state index >= 15 is 0 Å². The van der Waals surface area contributed by atoms with Gasteiger partial charge in [-0.25, -0.2) is 4.79 Å². The van der Waals surface area contributed by atoms with Crippen LogP contribution in [0.4, 0.5) is 0 Å². The van der Waals surface area contributed by atoms with E-state index in [9.17, 15) is 15.3 Å². The summed E-state index contributed by atoms with van der Waals surface area (Å²) in [6.45, 7) is 0.307. The minimum atomic E-state index is -0.414. The molecule has 4 nitrogen and oxygen atoms in total. The Morgan fingerprint density at radius 2 is 1.65 bits per heavy atom. The van der Waals surface area contributed by atoms with Gasteiger partial charge in [0.05, 0.1) is 12.2 Å². The van der Waals surface area contributed by atoms with Crippen LogP contribution >= 0.6 is 11.6 Å². The van der Waals surface area contributed by atoms with Crippen molar-refractivity contribution in [1.82, 2.24) is 0 Å². The van der Waals surface area contributed by atoms with Crippen molar-refractivity contribution in [3.8, 4) is 23.3 Å². The summed E-state index contributed by atoms with van der Waals surface area (Å²) in [5, 5.41) is 18.7. The van der Waals surface area contributed by atoms with E-state index in [1.165, 1.54) is 0 Å². The number of esters is 1. The van der Waals surface area contributed by atoms with Gasteiger partial charge in [0, 0.05) is 17.0 Å². The normalized spacial score (nSPS) is 11.1. The van der Waals surface area contributed by atoms with Crippen molar-refractivity contribution in [1.29, 1.82) is 10.5 Å². The largest absolute Gasteiger partial charge is 0.462 e. The summed E-state index contributed by atoms with van der Waals surface area (Å²) in [5.41, 5.74) is 4.06. The summed E-state index contributed by atoms with van der Waals surface area (Å²) in [6, 6.07) is 16.7. The Labute approximate surface area is 156 Å². The third-order valence-corrected chi connectivity index (χ3v) is 4.52. The summed E-state index contributed by atoms with van der Waals surface area (Å²) < 4.78 is 5.38. The lowest BCUT2D eigenvalue weighted by Crippen LogP contribution is -2.08. The molecule has 1 aliphatic carbocycles. The molecule has 0 fully saturated rings. The van der Waals surface area contributed by atoms with Gasteiger partial charge in [0.2, 0.25) is 0 Å². The lowest BCUT2D eigenvalue weighted by atomic mass is 9.97. The van der Waals surface area contributed by atoms with Crippen LogP contribution in [-0.4, -0.2) is 18.5 Å². The molecule has 0 bridgehead atoms. The Hall–Kier alpha value is -3.08. The molecule has 5 heteroatoms. The fourth-order valence-electron chi connectivity index (χ4n) is 3.13. The molecule has 0 aromatic heterocycles. The monoisotopic (exact) mass is 362 g/mol. The molecule has 0 heterocycles. The number of unbranched alkanes of at least 4 members (excludes halogenated alkanes) is 1. The Bertz CT molecular complexity index is 964. The van der Waals surface area contributed by atoms with Gasteiger partial charge in [-0.05, 0) is 35.6 Å². The molecule has 0 saturated carbocycles. The molecule has 0 unspecified atom stereocenters. The van der Waals surface area contributed by atoms with Crippen LogP contribution in [0.1, 0.15) is 34.3 Å². The quantitative estimate of drug-likeness (QED) is 0.285. The van der Waals surface area contributed by atoms with Crippen LogP contribution in [-0.2, 0) is 4.74 Å². The van der Waals surface area contributed by atoms with E-state index in [2.05, 4.69) is 0 Å². The van der Waals surface area contributed by atoms with Crippen LogP contribution in [0.25, 0.3) is 16.7 Å². The molecule has 3 rings (SSSR count). The highest BCUT2D eigenvalue weighted by atomic mass is 35.5. The van der Waals surface area contributed by atoms with Crippen LogP contribution in [0.15, 0.2) is 48.0 Å². The molecule has 0 atom stereocenters. The zero-order valence-corrected chi connectivity index (χ0v) is 14.7. The second kappa shape index (κ2) is 7.87. The fourth-order valence-corrected chi connectivity index (χ4v) is 3.32. The first kappa shape index (κ1) is 17.7. The van der Waals surface area contributed by atoms with Crippen molar-refractivity contribution in [3.63, 3.8) is 0 Å². The Morgan fingerprint density at radius 1 is 0.962 bits per heavy atom. The number of nitrogens with zero attached hydrogens (tertiary/aromatic N) is 2. The van der Waals surface area contributed by atoms with Gasteiger partial charge in [-0.3, -0.25) is 0 Å². The average molecular weight is 363 g/mol. The minimum Gasteiger partial charge on any atom is -0.462 e. The first-order valence-corrected chi connectivity index (χ1v) is 8.77. The van der Waals surface area contributed by atoms with E-state index in [1.807, 2.05) is 42.5 Å². The van der Waals surface area contributed by atoms with Crippen LogP contribution in [0.5, 0.6) is 0 Å². The summed E-state index contributed by atoms with van der Waals surface area (Å²) in [4.78, 5) is 12.6. The van der Waals surface area contributed by atoms with E-state index in [0.717, 1.165) is 17.5 Å². The molecule has 0 N–H and O–H groups in total. The highest BCUT2D eigenvalue weighted by Crippen LogP contribution is 2.47. The fraction of sp³-hybridized carbons (Fsp3) is 0.190. The van der Waals surface area contributed by atoms with Gasteiger partial charge in [0.25, 0.3) is 0 Å². The van der Waals surface area contributed by atoms with Crippen LogP contribution in [0.3, 0.4) is 0 Å². The predicted molar refractivity (Wildman–Crippen MR) is 99.4 cm³/mol. The first-order chi connectivity index (χ1) is 12.7. The van der Waals surface area contributed by atoms with Gasteiger partial charge in [-0.2, -0.15) is 10.5 Å². The van der Waals surface area contributed by atoms with E-state index in [0.29, 0.717) is 41.2 Å². The third-order valence-electron chi connectivity index (χ3n) is 4.25. The van der Waals surface area contributed by atoms with Gasteiger partial charge >= 0.3 is 5.97 Å². The third kappa shape index (κ3) is 3.08. The molecule has 2 aromatic rings. The van der Waals surface area contributed by atoms with Gasteiger partial charge in [-0.1, -0.05) is 36.4 Å². The molecule has 0 amide bonds. The number of alkyl halides is 1. The van der Waals surface area contributed by atoms with Crippen molar-refractivity contribution in [2.75, 3.05) is 12.5 Å². The maximum absolute atomic E-state index is 12.6. The Balaban J connectivity index is 2.11. The number of halogens is 1. The highest BCUT2D eigenvalue weighted by molar-refractivity contribution is 6.17. The zero-order chi connectivity index (χ0) is 18.5. The first-order valence-electron chi connectivity index (χ1n) is 8.23. The summed E-state index contributed by atoms with van der Waals surface area (Å²) in [7, 11) is 0. The van der Waals surface area contributed by atoms with E-state index < -0.39 is 5.97 Å². The van der Waals surface area contributed by atoms with E-state index in [4.69, 9.17) is 16.3 Å². The molecular weight excluding hydrogens is 348 g/mol. The van der Waals surface area contributed by atoms with E-state index in [1.54, 1.807) is 12.1 Å². The number of allylic oxidation sites excluding steroid dienone is 1. The molecule has 0 spiro atoms. The molecular formula is C21H15ClN2O2. The number of carbonyl (C=O) groups excluding carboxylic acids is 1. The number of hydrogen-bond donors (Lipinski definition) is 0. The molecule has 0 saturated heterocycles. The average Bonchev–Trinajstić information content (AvgIpc) is 3.01. The summed E-state index contributed by atoms with van der Waals surface area (Å²) in [6.07, 6.45) is 1.49. The number of benzene rings is 2. The number of rotatable bonds is 5. The van der Waals surface area contributed by atoms with Gasteiger partial charge in [0.1, 0.15) is 17.7 Å². The molecule has 0 aliphatic heterocycles. The maximum Gasteiger partial charge on any atom is 0.338 e. The number of nitriles is 2. The van der Waals surface area contributed by atoms with Crippen molar-refractivity contribution < 1.29 is 9.53 Å². The van der Waals surface area contributed by atoms with Crippen molar-refractivity contribution in [2.45, 2.75) is 12.8 Å². The standard InChI is InChI=1S/C21H15ClN2O2/c22-10-3-4-11-26-21(25)18-9-5-8-17-19(14(12-23)13-24)15-6-1-2-7-16(15)20(17)18/h1-2,5-9H,3-4,10-11H2. The Morgan fingerprint density at radius 3 is 2.35 bits per heavy atom. The zero-order valence-electron chi connectivity index (χ0n) is 14.0. The molecule has 0 radical (unpaired) electrons. The van der Waals surface area contributed by atoms with Crippen LogP contribution < -0.4 is 0 Å². The summed E-state index contributed by atoms with van der Waals surface area (Å²) in [5.74, 6) is 0.119. The second-order valence-electron chi connectivity index (χ2n) is 5.78. The second-order valence-corrected chi connectivity index (χ2v) is 6.16. The van der Waals surface area contributed by atoms with Gasteiger partial charge in [0.15, 0.2) is 0 Å². The number of ether oxygens (including phenoxy) is 1. The SMILES string of the molecule is N#CC(C#N)=C1c2ccccc2-c2c(C(=O)OCCCCCl)cccc21. The predicted octanol–water partition coefficient (Wildman–Crippen LogP) is 4.69. The molecule has 2 aromatic carbocycles. The topological polar surface area (TPSA) is 73.9 Å². The van der Waals surface area contributed by atoms with Crippen molar-refractivity contribution >= 4 is 23.1 Å². The smallest absolute Gasteiger partial charge is 0.338 e. The highest BCUT2D eigenvalue weighted by Gasteiger charge is 2.30. The Kier molecular flexibility index (Phi) is 5.37. The summed E-state index contributed by atoms with van der Waals surface area (Å²) >= 11 is 5.64. The van der Waals surface area contributed by atoms with Gasteiger partial charge in [-0.15, -0.1) is 11.6 Å². The number of hydrogen-bond acceptors (Lipinski definition) is 4. The van der Waals surface area contributed by atoms with E-state index in [-0.39, 0.29) is 5.57 Å². The molecule has 1 aliphatic rings. The van der Waals surface area contributed by atoms with Crippen LogP contribution in [0, 0.1) is 22.7 Å². The number of fused-ring (bicyclic) bond motifs is 3. The molecule has 26 heavy (non-hydrogen) atoms. The lowest BCUT2D eigenvalue weighted by molar-refractivity contribution is 0.0501. The van der Waals surface area contributed by atoms with Crippen molar-refractivity contribution in [3.05, 3.63) is 64.7 Å². The molecule has 128 valence electrons.